The molecule has 0 aromatic heterocycles. The van der Waals surface area contributed by atoms with Gasteiger partial charge in [-0.3, -0.25) is 39.5 Å². The SMILES string of the molecule is O=C(CN1C(=O)S/C(=C/c2cccc(Oc3ccc([N+](=O)[O-])cc3[N+](=O)[O-])c2)C1=O)Nc1ccc2c(c1)OCO2. The summed E-state index contributed by atoms with van der Waals surface area (Å²) in [5, 5.41) is 24.3. The Morgan fingerprint density at radius 2 is 1.82 bits per heavy atom. The second-order valence-corrected chi connectivity index (χ2v) is 9.22. The van der Waals surface area contributed by atoms with Crippen molar-refractivity contribution in [3.63, 3.8) is 0 Å². The summed E-state index contributed by atoms with van der Waals surface area (Å²) in [7, 11) is 0. The van der Waals surface area contributed by atoms with Crippen LogP contribution in [0.3, 0.4) is 0 Å². The highest BCUT2D eigenvalue weighted by molar-refractivity contribution is 8.18. The third kappa shape index (κ3) is 5.53. The van der Waals surface area contributed by atoms with Crippen LogP contribution in [0.25, 0.3) is 6.08 Å². The minimum atomic E-state index is -0.801. The summed E-state index contributed by atoms with van der Waals surface area (Å²) < 4.78 is 16.1. The summed E-state index contributed by atoms with van der Waals surface area (Å²) >= 11 is 0.650. The van der Waals surface area contributed by atoms with E-state index in [4.69, 9.17) is 14.2 Å². The Hall–Kier alpha value is -5.44. The third-order valence-corrected chi connectivity index (χ3v) is 6.47. The summed E-state index contributed by atoms with van der Waals surface area (Å²) in [5.74, 6) is -0.346. The van der Waals surface area contributed by atoms with Gasteiger partial charge in [-0.05, 0) is 53.7 Å². The van der Waals surface area contributed by atoms with Gasteiger partial charge in [-0.25, -0.2) is 0 Å². The van der Waals surface area contributed by atoms with E-state index in [9.17, 15) is 34.6 Å². The molecule has 0 atom stereocenters. The molecule has 2 aliphatic heterocycles. The second-order valence-electron chi connectivity index (χ2n) is 8.22. The molecule has 3 amide bonds. The lowest BCUT2D eigenvalue weighted by Crippen LogP contribution is -2.36. The highest BCUT2D eigenvalue weighted by atomic mass is 32.2. The molecule has 14 nitrogen and oxygen atoms in total. The maximum atomic E-state index is 12.9. The highest BCUT2D eigenvalue weighted by Crippen LogP contribution is 2.37. The molecule has 2 aliphatic rings. The second kappa shape index (κ2) is 10.7. The molecule has 1 fully saturated rings. The number of nitrogens with zero attached hydrogens (tertiary/aromatic N) is 3. The Morgan fingerprint density at radius 1 is 1.02 bits per heavy atom. The summed E-state index contributed by atoms with van der Waals surface area (Å²) in [6, 6.07) is 13.9. The van der Waals surface area contributed by atoms with Gasteiger partial charge in [-0.1, -0.05) is 12.1 Å². The smallest absolute Gasteiger partial charge is 0.318 e. The van der Waals surface area contributed by atoms with Crippen molar-refractivity contribution in [3.05, 3.63) is 91.4 Å². The van der Waals surface area contributed by atoms with Gasteiger partial charge in [0.05, 0.1) is 20.8 Å². The highest BCUT2D eigenvalue weighted by Gasteiger charge is 2.36. The fourth-order valence-corrected chi connectivity index (χ4v) is 4.59. The zero-order valence-corrected chi connectivity index (χ0v) is 20.9. The molecule has 0 radical (unpaired) electrons. The number of fused-ring (bicyclic) bond motifs is 1. The van der Waals surface area contributed by atoms with Crippen LogP contribution in [0, 0.1) is 20.2 Å². The normalized spacial score (nSPS) is 14.9. The predicted molar refractivity (Wildman–Crippen MR) is 140 cm³/mol. The van der Waals surface area contributed by atoms with Crippen molar-refractivity contribution in [2.75, 3.05) is 18.7 Å². The molecule has 0 bridgehead atoms. The van der Waals surface area contributed by atoms with E-state index in [1.165, 1.54) is 18.2 Å². The van der Waals surface area contributed by atoms with Crippen LogP contribution in [0.1, 0.15) is 5.56 Å². The monoisotopic (exact) mass is 564 g/mol. The number of nitro benzene ring substituents is 2. The zero-order valence-electron chi connectivity index (χ0n) is 20.1. The van der Waals surface area contributed by atoms with Crippen LogP contribution in [0.2, 0.25) is 0 Å². The number of rotatable bonds is 8. The summed E-state index contributed by atoms with van der Waals surface area (Å²) in [4.78, 5) is 59.5. The quantitative estimate of drug-likeness (QED) is 0.227. The lowest BCUT2D eigenvalue weighted by Gasteiger charge is -2.12. The standard InChI is InChI=1S/C25H16N4O10S/c30-23(26-15-4-6-20-21(10-15)38-13-37-20)12-27-24(31)22(40-25(27)32)9-14-2-1-3-17(8-14)39-19-7-5-16(28(33)34)11-18(19)29(35)36/h1-11H,12-13H2,(H,26,30)/b22-9+. The molecule has 202 valence electrons. The molecule has 1 N–H and O–H groups in total. The van der Waals surface area contributed by atoms with E-state index >= 15 is 0 Å². The van der Waals surface area contributed by atoms with Crippen LogP contribution < -0.4 is 19.5 Å². The molecule has 3 aromatic rings. The fourth-order valence-electron chi connectivity index (χ4n) is 3.75. The van der Waals surface area contributed by atoms with Crippen molar-refractivity contribution in [1.82, 2.24) is 4.90 Å². The van der Waals surface area contributed by atoms with E-state index in [-0.39, 0.29) is 23.2 Å². The van der Waals surface area contributed by atoms with Crippen LogP contribution >= 0.6 is 11.8 Å². The number of thioether (sulfide) groups is 1. The Bertz CT molecular complexity index is 1620. The number of hydrogen-bond donors (Lipinski definition) is 1. The zero-order chi connectivity index (χ0) is 28.4. The van der Waals surface area contributed by atoms with Gasteiger partial charge in [0.1, 0.15) is 12.3 Å². The van der Waals surface area contributed by atoms with E-state index in [1.807, 2.05) is 0 Å². The van der Waals surface area contributed by atoms with Crippen LogP contribution in [-0.4, -0.2) is 45.1 Å². The first-order valence-electron chi connectivity index (χ1n) is 11.3. The molecule has 0 saturated carbocycles. The van der Waals surface area contributed by atoms with Crippen molar-refractivity contribution >= 4 is 52.0 Å². The lowest BCUT2D eigenvalue weighted by molar-refractivity contribution is -0.394. The molecule has 0 aliphatic carbocycles. The summed E-state index contributed by atoms with van der Waals surface area (Å²) in [6.07, 6.45) is 1.41. The van der Waals surface area contributed by atoms with Crippen molar-refractivity contribution in [1.29, 1.82) is 0 Å². The maximum Gasteiger partial charge on any atom is 0.318 e. The van der Waals surface area contributed by atoms with Gasteiger partial charge >= 0.3 is 5.69 Å². The molecular weight excluding hydrogens is 548 g/mol. The number of nitro groups is 2. The number of benzene rings is 3. The first-order valence-corrected chi connectivity index (χ1v) is 12.2. The van der Waals surface area contributed by atoms with Gasteiger partial charge in [-0.2, -0.15) is 0 Å². The Morgan fingerprint density at radius 3 is 2.60 bits per heavy atom. The molecule has 0 unspecified atom stereocenters. The number of hydrogen-bond acceptors (Lipinski definition) is 11. The van der Waals surface area contributed by atoms with Crippen molar-refractivity contribution in [2.24, 2.45) is 0 Å². The number of non-ortho nitro benzene ring substituents is 1. The maximum absolute atomic E-state index is 12.9. The third-order valence-electron chi connectivity index (χ3n) is 5.57. The topological polar surface area (TPSA) is 180 Å². The predicted octanol–water partition coefficient (Wildman–Crippen LogP) is 4.70. The first kappa shape index (κ1) is 26.2. The van der Waals surface area contributed by atoms with Crippen molar-refractivity contribution < 1.29 is 38.4 Å². The minimum absolute atomic E-state index is 0.0549. The summed E-state index contributed by atoms with van der Waals surface area (Å²) in [5.41, 5.74) is -0.230. The number of amides is 3. The number of carbonyl (C=O) groups excluding carboxylic acids is 3. The molecule has 0 spiro atoms. The molecule has 3 aromatic carbocycles. The Kier molecular flexibility index (Phi) is 7.03. The number of nitrogens with one attached hydrogen (secondary N) is 1. The molecule has 40 heavy (non-hydrogen) atoms. The Labute approximate surface area is 228 Å². The number of ether oxygens (including phenoxy) is 3. The Balaban J connectivity index is 1.28. The van der Waals surface area contributed by atoms with Crippen LogP contribution in [0.5, 0.6) is 23.0 Å². The average molecular weight is 564 g/mol. The average Bonchev–Trinajstić information content (AvgIpc) is 3.48. The largest absolute Gasteiger partial charge is 0.454 e. The molecule has 2 heterocycles. The van der Waals surface area contributed by atoms with E-state index < -0.39 is 44.8 Å². The lowest BCUT2D eigenvalue weighted by atomic mass is 10.2. The van der Waals surface area contributed by atoms with Crippen molar-refractivity contribution in [3.8, 4) is 23.0 Å². The summed E-state index contributed by atoms with van der Waals surface area (Å²) in [6.45, 7) is -0.439. The molecular formula is C25H16N4O10S. The van der Waals surface area contributed by atoms with Gasteiger partial charge in [0.25, 0.3) is 16.8 Å². The molecule has 5 rings (SSSR count). The number of imide groups is 1. The number of carbonyl (C=O) groups is 3. The van der Waals surface area contributed by atoms with E-state index in [2.05, 4.69) is 5.32 Å². The van der Waals surface area contributed by atoms with Gasteiger partial charge in [-0.15, -0.1) is 0 Å². The molecule has 1 saturated heterocycles. The van der Waals surface area contributed by atoms with E-state index in [1.54, 1.807) is 30.3 Å². The van der Waals surface area contributed by atoms with Crippen LogP contribution in [0.15, 0.2) is 65.6 Å². The molecule has 15 heteroatoms. The van der Waals surface area contributed by atoms with Gasteiger partial charge in [0, 0.05) is 17.8 Å². The fraction of sp³-hybridized carbons (Fsp3) is 0.0800. The van der Waals surface area contributed by atoms with E-state index in [0.29, 0.717) is 34.5 Å². The van der Waals surface area contributed by atoms with Gasteiger partial charge in [0.15, 0.2) is 11.5 Å². The van der Waals surface area contributed by atoms with Crippen LogP contribution in [-0.2, 0) is 9.59 Å². The minimum Gasteiger partial charge on any atom is -0.454 e. The van der Waals surface area contributed by atoms with Crippen LogP contribution in [0.4, 0.5) is 21.9 Å². The first-order chi connectivity index (χ1) is 19.2. The van der Waals surface area contributed by atoms with Gasteiger partial charge < -0.3 is 19.5 Å². The van der Waals surface area contributed by atoms with Crippen molar-refractivity contribution in [2.45, 2.75) is 0 Å². The number of anilines is 1. The van der Waals surface area contributed by atoms with E-state index in [0.717, 1.165) is 23.1 Å². The van der Waals surface area contributed by atoms with Gasteiger partial charge in [0.2, 0.25) is 18.4 Å².